The highest BCUT2D eigenvalue weighted by molar-refractivity contribution is 7.92. The molecule has 1 aliphatic heterocycles. The molecule has 4 rings (SSSR count). The maximum absolute atomic E-state index is 13.1. The molecular formula is C26H28N2O4S. The van der Waals surface area contributed by atoms with E-state index in [1.807, 2.05) is 38.1 Å². The molecule has 6 nitrogen and oxygen atoms in total. The highest BCUT2D eigenvalue weighted by Gasteiger charge is 2.25. The van der Waals surface area contributed by atoms with Gasteiger partial charge in [0.2, 0.25) is 0 Å². The molecule has 3 aromatic rings. The number of nitrogens with one attached hydrogen (secondary N) is 1. The van der Waals surface area contributed by atoms with E-state index >= 15 is 0 Å². The Morgan fingerprint density at radius 1 is 1.06 bits per heavy atom. The topological polar surface area (TPSA) is 75.7 Å². The predicted molar refractivity (Wildman–Crippen MR) is 131 cm³/mol. The monoisotopic (exact) mass is 464 g/mol. The number of nitrogens with zero attached hydrogens (tertiary/aromatic N) is 1. The van der Waals surface area contributed by atoms with Crippen molar-refractivity contribution in [3.05, 3.63) is 83.4 Å². The van der Waals surface area contributed by atoms with E-state index in [4.69, 9.17) is 4.74 Å². The van der Waals surface area contributed by atoms with Crippen LogP contribution >= 0.6 is 0 Å². The fraction of sp³-hybridized carbons (Fsp3) is 0.269. The van der Waals surface area contributed by atoms with Crippen LogP contribution in [0.2, 0.25) is 0 Å². The smallest absolute Gasteiger partial charge is 0.261 e. The van der Waals surface area contributed by atoms with Crippen LogP contribution in [0.3, 0.4) is 0 Å². The summed E-state index contributed by atoms with van der Waals surface area (Å²) >= 11 is 0. The van der Waals surface area contributed by atoms with Gasteiger partial charge in [-0.15, -0.1) is 0 Å². The van der Waals surface area contributed by atoms with Crippen LogP contribution in [-0.4, -0.2) is 27.5 Å². The van der Waals surface area contributed by atoms with Crippen molar-refractivity contribution in [3.8, 4) is 5.75 Å². The second kappa shape index (κ2) is 9.67. The number of rotatable bonds is 7. The number of hydrogen-bond acceptors (Lipinski definition) is 4. The van der Waals surface area contributed by atoms with Gasteiger partial charge in [-0.3, -0.25) is 9.52 Å². The molecule has 0 atom stereocenters. The number of sulfonamides is 1. The minimum atomic E-state index is -3.80. The van der Waals surface area contributed by atoms with Gasteiger partial charge < -0.3 is 9.64 Å². The van der Waals surface area contributed by atoms with E-state index in [2.05, 4.69) is 4.72 Å². The zero-order chi connectivity index (χ0) is 23.4. The number of fused-ring (bicyclic) bond motifs is 1. The lowest BCUT2D eigenvalue weighted by Crippen LogP contribution is -2.35. The Morgan fingerprint density at radius 3 is 2.58 bits per heavy atom. The molecule has 33 heavy (non-hydrogen) atoms. The minimum absolute atomic E-state index is 0.0881. The summed E-state index contributed by atoms with van der Waals surface area (Å²) in [6.45, 7) is 5.02. The van der Waals surface area contributed by atoms with Gasteiger partial charge in [0.1, 0.15) is 5.75 Å². The first-order chi connectivity index (χ1) is 15.9. The van der Waals surface area contributed by atoms with Crippen LogP contribution < -0.4 is 14.4 Å². The molecule has 7 heteroatoms. The molecule has 0 fully saturated rings. The third-order valence-electron chi connectivity index (χ3n) is 5.64. The van der Waals surface area contributed by atoms with Crippen LogP contribution in [0, 0.1) is 6.92 Å². The van der Waals surface area contributed by atoms with Gasteiger partial charge in [-0.25, -0.2) is 8.42 Å². The van der Waals surface area contributed by atoms with Crippen molar-refractivity contribution in [2.75, 3.05) is 22.8 Å². The molecule has 3 aromatic carbocycles. The predicted octanol–water partition coefficient (Wildman–Crippen LogP) is 5.18. The Morgan fingerprint density at radius 2 is 1.85 bits per heavy atom. The summed E-state index contributed by atoms with van der Waals surface area (Å²) < 4.78 is 34.4. The Kier molecular flexibility index (Phi) is 6.70. The summed E-state index contributed by atoms with van der Waals surface area (Å²) in [5.41, 5.74) is 3.57. The maximum Gasteiger partial charge on any atom is 0.261 e. The first kappa shape index (κ1) is 22.9. The van der Waals surface area contributed by atoms with Gasteiger partial charge in [-0.05, 0) is 79.8 Å². The Balaban J connectivity index is 1.59. The van der Waals surface area contributed by atoms with Gasteiger partial charge in [0, 0.05) is 17.8 Å². The zero-order valence-electron chi connectivity index (χ0n) is 18.9. The van der Waals surface area contributed by atoms with E-state index in [1.165, 1.54) is 0 Å². The standard InChI is InChI=1S/C26H28N2O4S/c1-3-16-32-25-14-13-23(17-19(25)2)33(30,31)27-22-12-11-20-10-7-15-28(24(20)18-22)26(29)21-8-5-4-6-9-21/h4-6,8-9,11-14,17-18,27H,3,7,10,15-16H2,1-2H3. The second-order valence-corrected chi connectivity index (χ2v) is 9.83. The van der Waals surface area contributed by atoms with Crippen LogP contribution in [0.5, 0.6) is 5.75 Å². The SMILES string of the molecule is CCCOc1ccc(S(=O)(=O)Nc2ccc3c(c2)N(C(=O)c2ccccc2)CCC3)cc1C. The summed E-state index contributed by atoms with van der Waals surface area (Å²) in [5, 5.41) is 0. The number of anilines is 2. The molecule has 1 heterocycles. The normalized spacial score (nSPS) is 13.3. The number of amides is 1. The van der Waals surface area contributed by atoms with Crippen LogP contribution in [0.25, 0.3) is 0 Å². The fourth-order valence-electron chi connectivity index (χ4n) is 3.96. The molecule has 0 bridgehead atoms. The fourth-order valence-corrected chi connectivity index (χ4v) is 5.10. The molecule has 1 aliphatic rings. The molecular weight excluding hydrogens is 436 g/mol. The van der Waals surface area contributed by atoms with E-state index < -0.39 is 10.0 Å². The molecule has 0 aromatic heterocycles. The third kappa shape index (κ3) is 5.03. The number of hydrogen-bond donors (Lipinski definition) is 1. The average molecular weight is 465 g/mol. The minimum Gasteiger partial charge on any atom is -0.493 e. The Bertz CT molecular complexity index is 1260. The summed E-state index contributed by atoms with van der Waals surface area (Å²) in [5.74, 6) is 0.592. The molecule has 1 N–H and O–H groups in total. The first-order valence-corrected chi connectivity index (χ1v) is 12.6. The van der Waals surface area contributed by atoms with E-state index in [1.54, 1.807) is 47.4 Å². The lowest BCUT2D eigenvalue weighted by molar-refractivity contribution is 0.0985. The Hall–Kier alpha value is -3.32. The van der Waals surface area contributed by atoms with E-state index in [-0.39, 0.29) is 10.8 Å². The number of carbonyl (C=O) groups is 1. The van der Waals surface area contributed by atoms with E-state index in [0.29, 0.717) is 30.2 Å². The Labute approximate surface area is 195 Å². The number of ether oxygens (including phenoxy) is 1. The molecule has 0 saturated heterocycles. The largest absolute Gasteiger partial charge is 0.493 e. The maximum atomic E-state index is 13.1. The summed E-state index contributed by atoms with van der Waals surface area (Å²) in [4.78, 5) is 15.0. The summed E-state index contributed by atoms with van der Waals surface area (Å²) in [7, 11) is -3.80. The second-order valence-electron chi connectivity index (χ2n) is 8.15. The molecule has 1 amide bonds. The van der Waals surface area contributed by atoms with E-state index in [0.717, 1.165) is 36.1 Å². The van der Waals surface area contributed by atoms with Crippen molar-refractivity contribution >= 4 is 27.3 Å². The van der Waals surface area contributed by atoms with Crippen LogP contribution in [0.15, 0.2) is 71.6 Å². The zero-order valence-corrected chi connectivity index (χ0v) is 19.7. The number of benzene rings is 3. The molecule has 0 spiro atoms. The van der Waals surface area contributed by atoms with Gasteiger partial charge in [0.25, 0.3) is 15.9 Å². The average Bonchev–Trinajstić information content (AvgIpc) is 2.82. The molecule has 0 radical (unpaired) electrons. The lowest BCUT2D eigenvalue weighted by Gasteiger charge is -2.30. The van der Waals surface area contributed by atoms with Crippen molar-refractivity contribution in [2.45, 2.75) is 38.0 Å². The van der Waals surface area contributed by atoms with Gasteiger partial charge >= 0.3 is 0 Å². The quantitative estimate of drug-likeness (QED) is 0.523. The van der Waals surface area contributed by atoms with Crippen LogP contribution in [-0.2, 0) is 16.4 Å². The first-order valence-electron chi connectivity index (χ1n) is 11.1. The summed E-state index contributed by atoms with van der Waals surface area (Å²) in [6, 6.07) is 19.4. The van der Waals surface area contributed by atoms with Crippen LogP contribution in [0.4, 0.5) is 11.4 Å². The van der Waals surface area contributed by atoms with Crippen LogP contribution in [0.1, 0.15) is 41.3 Å². The van der Waals surface area contributed by atoms with Crippen molar-refractivity contribution in [2.24, 2.45) is 0 Å². The molecule has 172 valence electrons. The molecule has 0 saturated carbocycles. The van der Waals surface area contributed by atoms with Gasteiger partial charge in [0.05, 0.1) is 17.2 Å². The van der Waals surface area contributed by atoms with Gasteiger partial charge in [-0.2, -0.15) is 0 Å². The van der Waals surface area contributed by atoms with Crippen molar-refractivity contribution < 1.29 is 17.9 Å². The van der Waals surface area contributed by atoms with Gasteiger partial charge in [0.15, 0.2) is 0 Å². The third-order valence-corrected chi connectivity index (χ3v) is 7.02. The summed E-state index contributed by atoms with van der Waals surface area (Å²) in [6.07, 6.45) is 2.59. The van der Waals surface area contributed by atoms with Crippen molar-refractivity contribution in [1.82, 2.24) is 0 Å². The number of carbonyl (C=O) groups excluding carboxylic acids is 1. The molecule has 0 unspecified atom stereocenters. The van der Waals surface area contributed by atoms with E-state index in [9.17, 15) is 13.2 Å². The van der Waals surface area contributed by atoms with Crippen molar-refractivity contribution in [3.63, 3.8) is 0 Å². The lowest BCUT2D eigenvalue weighted by atomic mass is 10.00. The van der Waals surface area contributed by atoms with Crippen molar-refractivity contribution in [1.29, 1.82) is 0 Å². The van der Waals surface area contributed by atoms with Gasteiger partial charge in [-0.1, -0.05) is 31.2 Å². The number of aryl methyl sites for hydroxylation is 2. The highest BCUT2D eigenvalue weighted by Crippen LogP contribution is 2.32. The highest BCUT2D eigenvalue weighted by atomic mass is 32.2. The molecule has 0 aliphatic carbocycles.